The van der Waals surface area contributed by atoms with E-state index >= 15 is 0 Å². The highest BCUT2D eigenvalue weighted by Crippen LogP contribution is 2.27. The third-order valence-corrected chi connectivity index (χ3v) is 5.09. The van der Waals surface area contributed by atoms with E-state index in [0.717, 1.165) is 25.7 Å². The van der Waals surface area contributed by atoms with Gasteiger partial charge in [0, 0.05) is 18.0 Å². The van der Waals surface area contributed by atoms with E-state index in [1.54, 1.807) is 31.2 Å². The van der Waals surface area contributed by atoms with E-state index in [0.29, 0.717) is 23.6 Å². The van der Waals surface area contributed by atoms with E-state index in [9.17, 15) is 19.5 Å². The van der Waals surface area contributed by atoms with E-state index in [-0.39, 0.29) is 18.9 Å². The summed E-state index contributed by atoms with van der Waals surface area (Å²) in [5.41, 5.74) is -1.10. The SMILES string of the molecule is CCC(NC(=O)CN1CCCCCCC1=O)(C(=O)O)c1ccc(Cl)cc1. The minimum Gasteiger partial charge on any atom is -0.479 e. The molecule has 142 valence electrons. The number of rotatable bonds is 6. The van der Waals surface area contributed by atoms with Crippen molar-refractivity contribution in [2.24, 2.45) is 0 Å². The molecule has 1 aromatic carbocycles. The number of carbonyl (C=O) groups is 3. The molecule has 1 heterocycles. The summed E-state index contributed by atoms with van der Waals surface area (Å²) in [5.74, 6) is -1.67. The lowest BCUT2D eigenvalue weighted by Crippen LogP contribution is -2.54. The zero-order valence-electron chi connectivity index (χ0n) is 15.0. The molecule has 7 heteroatoms. The van der Waals surface area contributed by atoms with Crippen LogP contribution < -0.4 is 5.32 Å². The quantitative estimate of drug-likeness (QED) is 0.794. The van der Waals surface area contributed by atoms with Gasteiger partial charge < -0.3 is 15.3 Å². The largest absolute Gasteiger partial charge is 0.479 e. The number of carbonyl (C=O) groups excluding carboxylic acids is 2. The highest BCUT2D eigenvalue weighted by Gasteiger charge is 2.40. The van der Waals surface area contributed by atoms with Crippen LogP contribution in [0.4, 0.5) is 0 Å². The van der Waals surface area contributed by atoms with Gasteiger partial charge >= 0.3 is 5.97 Å². The van der Waals surface area contributed by atoms with Gasteiger partial charge in [-0.15, -0.1) is 0 Å². The summed E-state index contributed by atoms with van der Waals surface area (Å²) in [5, 5.41) is 12.9. The van der Waals surface area contributed by atoms with Crippen LogP contribution >= 0.6 is 11.6 Å². The number of nitrogens with one attached hydrogen (secondary N) is 1. The Balaban J connectivity index is 2.17. The lowest BCUT2D eigenvalue weighted by molar-refractivity contribution is -0.149. The highest BCUT2D eigenvalue weighted by molar-refractivity contribution is 6.30. The van der Waals surface area contributed by atoms with Crippen LogP contribution in [0, 0.1) is 0 Å². The second-order valence-corrected chi connectivity index (χ2v) is 7.04. The van der Waals surface area contributed by atoms with Crippen LogP contribution in [0.3, 0.4) is 0 Å². The summed E-state index contributed by atoms with van der Waals surface area (Å²) in [6.45, 7) is 2.10. The van der Waals surface area contributed by atoms with Crippen molar-refractivity contribution in [1.82, 2.24) is 10.2 Å². The molecular weight excluding hydrogens is 356 g/mol. The van der Waals surface area contributed by atoms with Gasteiger partial charge in [-0.3, -0.25) is 9.59 Å². The molecule has 1 aliphatic heterocycles. The molecule has 0 aliphatic carbocycles. The Kier molecular flexibility index (Phi) is 7.03. The molecule has 0 aromatic heterocycles. The maximum atomic E-state index is 12.6. The number of aliphatic carboxylic acids is 1. The molecule has 0 saturated carbocycles. The number of likely N-dealkylation sites (tertiary alicyclic amines) is 1. The number of amides is 2. The van der Waals surface area contributed by atoms with Crippen LogP contribution in [0.1, 0.15) is 51.0 Å². The van der Waals surface area contributed by atoms with Crippen molar-refractivity contribution in [2.75, 3.05) is 13.1 Å². The van der Waals surface area contributed by atoms with Crippen LogP contribution in [-0.2, 0) is 19.9 Å². The molecule has 1 fully saturated rings. The third-order valence-electron chi connectivity index (χ3n) is 4.84. The Labute approximate surface area is 158 Å². The number of carboxylic acid groups (broad SMARTS) is 1. The summed E-state index contributed by atoms with van der Waals surface area (Å²) in [7, 11) is 0. The molecule has 2 N–H and O–H groups in total. The Morgan fingerprint density at radius 3 is 2.46 bits per heavy atom. The highest BCUT2D eigenvalue weighted by atomic mass is 35.5. The maximum Gasteiger partial charge on any atom is 0.334 e. The molecular formula is C19H25ClN2O4. The van der Waals surface area contributed by atoms with E-state index in [1.165, 1.54) is 4.90 Å². The Hall–Kier alpha value is -2.08. The number of carboxylic acids is 1. The monoisotopic (exact) mass is 380 g/mol. The summed E-state index contributed by atoms with van der Waals surface area (Å²) >= 11 is 5.88. The van der Waals surface area contributed by atoms with E-state index in [4.69, 9.17) is 11.6 Å². The molecule has 1 aromatic rings. The van der Waals surface area contributed by atoms with Gasteiger partial charge in [0.25, 0.3) is 0 Å². The molecule has 0 bridgehead atoms. The van der Waals surface area contributed by atoms with Gasteiger partial charge in [-0.1, -0.05) is 43.5 Å². The predicted molar refractivity (Wildman–Crippen MR) is 98.9 cm³/mol. The van der Waals surface area contributed by atoms with Gasteiger partial charge in [0.2, 0.25) is 11.8 Å². The minimum atomic E-state index is -1.55. The number of halogens is 1. The standard InChI is InChI=1S/C19H25ClN2O4/c1-2-19(18(25)26,14-8-10-15(20)11-9-14)21-16(23)13-22-12-6-4-3-5-7-17(22)24/h8-11H,2-7,12-13H2,1H3,(H,21,23)(H,25,26). The number of nitrogens with zero attached hydrogens (tertiary/aromatic N) is 1. The molecule has 2 rings (SSSR count). The van der Waals surface area contributed by atoms with E-state index in [1.807, 2.05) is 0 Å². The van der Waals surface area contributed by atoms with Crippen LogP contribution in [0.15, 0.2) is 24.3 Å². The number of hydrogen-bond donors (Lipinski definition) is 2. The molecule has 2 amide bonds. The summed E-state index contributed by atoms with van der Waals surface area (Å²) in [4.78, 5) is 38.3. The lowest BCUT2D eigenvalue weighted by atomic mass is 9.87. The fourth-order valence-corrected chi connectivity index (χ4v) is 3.39. The molecule has 1 unspecified atom stereocenters. The van der Waals surface area contributed by atoms with Crippen molar-refractivity contribution in [3.63, 3.8) is 0 Å². The number of benzene rings is 1. The second kappa shape index (κ2) is 9.03. The fraction of sp³-hybridized carbons (Fsp3) is 0.526. The zero-order chi connectivity index (χ0) is 19.2. The third kappa shape index (κ3) is 4.75. The molecule has 26 heavy (non-hydrogen) atoms. The van der Waals surface area contributed by atoms with Gasteiger partial charge in [-0.2, -0.15) is 0 Å². The Morgan fingerprint density at radius 1 is 1.19 bits per heavy atom. The predicted octanol–water partition coefficient (Wildman–Crippen LogP) is 2.94. The van der Waals surface area contributed by atoms with Gasteiger partial charge in [0.05, 0.1) is 6.54 Å². The van der Waals surface area contributed by atoms with Crippen molar-refractivity contribution in [2.45, 2.75) is 51.0 Å². The molecule has 1 atom stereocenters. The van der Waals surface area contributed by atoms with Gasteiger partial charge in [-0.05, 0) is 37.0 Å². The molecule has 1 saturated heterocycles. The first-order chi connectivity index (χ1) is 12.4. The van der Waals surface area contributed by atoms with Gasteiger partial charge in [-0.25, -0.2) is 4.79 Å². The van der Waals surface area contributed by atoms with Crippen molar-refractivity contribution in [3.8, 4) is 0 Å². The first kappa shape index (κ1) is 20.2. The topological polar surface area (TPSA) is 86.7 Å². The maximum absolute atomic E-state index is 12.6. The Bertz CT molecular complexity index is 662. The molecule has 0 spiro atoms. The average molecular weight is 381 g/mol. The normalized spacial score (nSPS) is 17.8. The van der Waals surface area contributed by atoms with Crippen molar-refractivity contribution in [1.29, 1.82) is 0 Å². The molecule has 1 aliphatic rings. The zero-order valence-corrected chi connectivity index (χ0v) is 15.7. The average Bonchev–Trinajstić information content (AvgIpc) is 2.60. The Morgan fingerprint density at radius 2 is 1.85 bits per heavy atom. The molecule has 6 nitrogen and oxygen atoms in total. The first-order valence-corrected chi connectivity index (χ1v) is 9.35. The molecule has 0 radical (unpaired) electrons. The number of hydrogen-bond acceptors (Lipinski definition) is 3. The van der Waals surface area contributed by atoms with E-state index in [2.05, 4.69) is 5.32 Å². The van der Waals surface area contributed by atoms with Crippen LogP contribution in [0.25, 0.3) is 0 Å². The summed E-state index contributed by atoms with van der Waals surface area (Å²) < 4.78 is 0. The van der Waals surface area contributed by atoms with Crippen LogP contribution in [0.5, 0.6) is 0 Å². The van der Waals surface area contributed by atoms with Gasteiger partial charge in [0.1, 0.15) is 0 Å². The van der Waals surface area contributed by atoms with Crippen molar-refractivity contribution >= 4 is 29.4 Å². The summed E-state index contributed by atoms with van der Waals surface area (Å²) in [6, 6.07) is 6.39. The van der Waals surface area contributed by atoms with Crippen LogP contribution in [-0.4, -0.2) is 40.9 Å². The second-order valence-electron chi connectivity index (χ2n) is 6.60. The van der Waals surface area contributed by atoms with E-state index < -0.39 is 17.4 Å². The van der Waals surface area contributed by atoms with Crippen LogP contribution in [0.2, 0.25) is 5.02 Å². The smallest absolute Gasteiger partial charge is 0.334 e. The van der Waals surface area contributed by atoms with Gasteiger partial charge in [0.15, 0.2) is 5.54 Å². The lowest BCUT2D eigenvalue weighted by Gasteiger charge is -2.32. The van der Waals surface area contributed by atoms with Crippen molar-refractivity contribution in [3.05, 3.63) is 34.9 Å². The fourth-order valence-electron chi connectivity index (χ4n) is 3.26. The van der Waals surface area contributed by atoms with Crippen molar-refractivity contribution < 1.29 is 19.5 Å². The summed E-state index contributed by atoms with van der Waals surface area (Å²) in [6.07, 6.45) is 4.35. The first-order valence-electron chi connectivity index (χ1n) is 8.97. The minimum absolute atomic E-state index is 0.0521.